The largest absolute Gasteiger partial charge is 0.383 e. The monoisotopic (exact) mass is 276 g/mol. The number of aromatic nitrogens is 4. The smallest absolute Gasteiger partial charge is 0.163 e. The summed E-state index contributed by atoms with van der Waals surface area (Å²) in [6.07, 6.45) is 2.17. The van der Waals surface area contributed by atoms with E-state index < -0.39 is 0 Å². The fraction of sp³-hybridized carbons (Fsp3) is 0.615. The number of nitrogens with zero attached hydrogens (tertiary/aromatic N) is 5. The number of fused-ring (bicyclic) bond motifs is 1. The number of rotatable bonds is 2. The first-order valence-electron chi connectivity index (χ1n) is 6.85. The zero-order valence-corrected chi connectivity index (χ0v) is 12.1. The number of aryl methyl sites for hydroxylation is 1. The maximum Gasteiger partial charge on any atom is 0.163 e. The molecule has 0 radical (unpaired) electrons. The van der Waals surface area contributed by atoms with E-state index in [0.717, 1.165) is 29.9 Å². The molecule has 2 atom stereocenters. The van der Waals surface area contributed by atoms with Crippen molar-refractivity contribution >= 4 is 16.9 Å². The predicted molar refractivity (Wildman–Crippen MR) is 76.0 cm³/mol. The summed E-state index contributed by atoms with van der Waals surface area (Å²) >= 11 is 0. The Labute approximate surface area is 117 Å². The number of morpholine rings is 1. The third-order valence-electron chi connectivity index (χ3n) is 3.53. The molecule has 0 spiro atoms. The van der Waals surface area contributed by atoms with Gasteiger partial charge in [-0.2, -0.15) is 5.10 Å². The number of nitrogens with two attached hydrogens (primary N) is 1. The molecule has 3 rings (SSSR count). The fourth-order valence-corrected chi connectivity index (χ4v) is 2.78. The van der Waals surface area contributed by atoms with Crippen LogP contribution in [0.2, 0.25) is 0 Å². The van der Waals surface area contributed by atoms with Crippen LogP contribution in [-0.4, -0.2) is 49.9 Å². The molecule has 1 fully saturated rings. The summed E-state index contributed by atoms with van der Waals surface area (Å²) in [7, 11) is 1.86. The van der Waals surface area contributed by atoms with Crippen LogP contribution < -0.4 is 5.73 Å². The quantitative estimate of drug-likeness (QED) is 0.863. The molecule has 3 heterocycles. The van der Waals surface area contributed by atoms with Crippen LogP contribution in [0.4, 0.5) is 5.82 Å². The van der Waals surface area contributed by atoms with Gasteiger partial charge < -0.3 is 10.5 Å². The van der Waals surface area contributed by atoms with E-state index in [1.807, 2.05) is 7.05 Å². The Hall–Kier alpha value is -1.73. The molecule has 1 saturated heterocycles. The molecule has 7 heteroatoms. The molecule has 0 bridgehead atoms. The van der Waals surface area contributed by atoms with Crippen molar-refractivity contribution in [2.75, 3.05) is 18.8 Å². The Kier molecular flexibility index (Phi) is 3.31. The van der Waals surface area contributed by atoms with E-state index in [9.17, 15) is 0 Å². The molecule has 2 aromatic rings. The molecule has 0 amide bonds. The maximum atomic E-state index is 5.98. The summed E-state index contributed by atoms with van der Waals surface area (Å²) in [5.41, 5.74) is 6.76. The Morgan fingerprint density at radius 3 is 2.70 bits per heavy atom. The minimum atomic E-state index is 0.233. The SMILES string of the molecule is C[C@@H]1CN(Cc2nc(N)c3cnn(C)c3n2)C[C@H](C)O1. The minimum absolute atomic E-state index is 0.233. The predicted octanol–water partition coefficient (Wildman–Crippen LogP) is 0.555. The molecule has 1 aliphatic rings. The highest BCUT2D eigenvalue weighted by Crippen LogP contribution is 2.18. The van der Waals surface area contributed by atoms with Crippen LogP contribution in [0.25, 0.3) is 11.0 Å². The van der Waals surface area contributed by atoms with E-state index in [0.29, 0.717) is 12.4 Å². The van der Waals surface area contributed by atoms with Crippen molar-refractivity contribution in [1.29, 1.82) is 0 Å². The summed E-state index contributed by atoms with van der Waals surface area (Å²) in [5, 5.41) is 4.97. The average Bonchev–Trinajstić information content (AvgIpc) is 2.70. The first-order chi connectivity index (χ1) is 9.52. The lowest BCUT2D eigenvalue weighted by atomic mass is 10.2. The third kappa shape index (κ3) is 2.46. The van der Waals surface area contributed by atoms with Gasteiger partial charge in [0.25, 0.3) is 0 Å². The number of hydrogen-bond donors (Lipinski definition) is 1. The molecule has 108 valence electrons. The van der Waals surface area contributed by atoms with Gasteiger partial charge in [-0.15, -0.1) is 0 Å². The number of anilines is 1. The molecular weight excluding hydrogens is 256 g/mol. The van der Waals surface area contributed by atoms with Crippen LogP contribution in [0.15, 0.2) is 6.20 Å². The van der Waals surface area contributed by atoms with E-state index in [1.165, 1.54) is 0 Å². The molecule has 2 aromatic heterocycles. The molecule has 2 N–H and O–H groups in total. The van der Waals surface area contributed by atoms with Crippen molar-refractivity contribution in [3.8, 4) is 0 Å². The lowest BCUT2D eigenvalue weighted by Crippen LogP contribution is -2.45. The topological polar surface area (TPSA) is 82.1 Å². The van der Waals surface area contributed by atoms with E-state index >= 15 is 0 Å². The highest BCUT2D eigenvalue weighted by atomic mass is 16.5. The van der Waals surface area contributed by atoms with Gasteiger partial charge >= 0.3 is 0 Å². The molecular formula is C13H20N6O. The molecule has 0 aliphatic carbocycles. The summed E-state index contributed by atoms with van der Waals surface area (Å²) in [6, 6.07) is 0. The lowest BCUT2D eigenvalue weighted by Gasteiger charge is -2.34. The number of hydrogen-bond acceptors (Lipinski definition) is 6. The van der Waals surface area contributed by atoms with Crippen LogP contribution in [0.1, 0.15) is 19.7 Å². The zero-order valence-electron chi connectivity index (χ0n) is 12.1. The summed E-state index contributed by atoms with van der Waals surface area (Å²) in [6.45, 7) is 6.63. The first-order valence-corrected chi connectivity index (χ1v) is 6.85. The molecule has 0 saturated carbocycles. The second-order valence-corrected chi connectivity index (χ2v) is 5.48. The Morgan fingerprint density at radius 2 is 2.00 bits per heavy atom. The Bertz CT molecular complexity index is 615. The van der Waals surface area contributed by atoms with Gasteiger partial charge in [0.15, 0.2) is 5.65 Å². The fourth-order valence-electron chi connectivity index (χ4n) is 2.78. The van der Waals surface area contributed by atoms with Gasteiger partial charge in [-0.05, 0) is 13.8 Å². The summed E-state index contributed by atoms with van der Waals surface area (Å²) in [4.78, 5) is 11.3. The van der Waals surface area contributed by atoms with Crippen molar-refractivity contribution in [2.45, 2.75) is 32.6 Å². The van der Waals surface area contributed by atoms with Gasteiger partial charge in [-0.25, -0.2) is 9.97 Å². The molecule has 0 unspecified atom stereocenters. The van der Waals surface area contributed by atoms with Gasteiger partial charge in [-0.3, -0.25) is 9.58 Å². The van der Waals surface area contributed by atoms with Crippen molar-refractivity contribution in [3.63, 3.8) is 0 Å². The van der Waals surface area contributed by atoms with Gasteiger partial charge in [0.2, 0.25) is 0 Å². The van der Waals surface area contributed by atoms with E-state index in [-0.39, 0.29) is 12.2 Å². The van der Waals surface area contributed by atoms with Gasteiger partial charge in [0.1, 0.15) is 11.6 Å². The molecule has 7 nitrogen and oxygen atoms in total. The molecule has 0 aromatic carbocycles. The van der Waals surface area contributed by atoms with Crippen LogP contribution in [0, 0.1) is 0 Å². The van der Waals surface area contributed by atoms with Gasteiger partial charge in [0, 0.05) is 20.1 Å². The summed E-state index contributed by atoms with van der Waals surface area (Å²) < 4.78 is 7.46. The normalized spacial score (nSPS) is 24.4. The standard InChI is InChI=1S/C13H20N6O/c1-8-5-19(6-9(2)20-8)7-11-16-12(14)10-4-15-18(3)13(10)17-11/h4,8-9H,5-7H2,1-3H3,(H2,14,16,17)/t8-,9+. The van der Waals surface area contributed by atoms with Gasteiger partial charge in [-0.1, -0.05) is 0 Å². The van der Waals surface area contributed by atoms with Crippen molar-refractivity contribution < 1.29 is 4.74 Å². The minimum Gasteiger partial charge on any atom is -0.383 e. The van der Waals surface area contributed by atoms with E-state index in [1.54, 1.807) is 10.9 Å². The van der Waals surface area contributed by atoms with Crippen LogP contribution >= 0.6 is 0 Å². The highest BCUT2D eigenvalue weighted by Gasteiger charge is 2.23. The zero-order chi connectivity index (χ0) is 14.3. The second kappa shape index (κ2) is 4.99. The lowest BCUT2D eigenvalue weighted by molar-refractivity contribution is -0.0710. The van der Waals surface area contributed by atoms with Crippen molar-refractivity contribution in [3.05, 3.63) is 12.0 Å². The average molecular weight is 276 g/mol. The van der Waals surface area contributed by atoms with E-state index in [4.69, 9.17) is 10.5 Å². The van der Waals surface area contributed by atoms with Crippen LogP contribution in [0.5, 0.6) is 0 Å². The Morgan fingerprint density at radius 1 is 1.30 bits per heavy atom. The number of nitrogen functional groups attached to an aromatic ring is 1. The first kappa shape index (κ1) is 13.3. The maximum absolute atomic E-state index is 5.98. The second-order valence-electron chi connectivity index (χ2n) is 5.48. The molecule has 20 heavy (non-hydrogen) atoms. The van der Waals surface area contributed by atoms with Crippen LogP contribution in [0.3, 0.4) is 0 Å². The van der Waals surface area contributed by atoms with E-state index in [2.05, 4.69) is 33.8 Å². The van der Waals surface area contributed by atoms with Crippen molar-refractivity contribution in [1.82, 2.24) is 24.6 Å². The number of ether oxygens (including phenoxy) is 1. The molecule has 1 aliphatic heterocycles. The van der Waals surface area contributed by atoms with Crippen LogP contribution in [-0.2, 0) is 18.3 Å². The Balaban J connectivity index is 1.85. The van der Waals surface area contributed by atoms with Crippen molar-refractivity contribution in [2.24, 2.45) is 7.05 Å². The summed E-state index contributed by atoms with van der Waals surface area (Å²) in [5.74, 6) is 1.23. The third-order valence-corrected chi connectivity index (χ3v) is 3.53. The van der Waals surface area contributed by atoms with Gasteiger partial charge in [0.05, 0.1) is 30.3 Å². The highest BCUT2D eigenvalue weighted by molar-refractivity contribution is 5.84.